The Labute approximate surface area is 199 Å². The zero-order valence-corrected chi connectivity index (χ0v) is 20.8. The van der Waals surface area contributed by atoms with Crippen molar-refractivity contribution in [1.82, 2.24) is 15.1 Å². The predicted octanol–water partition coefficient (Wildman–Crippen LogP) is 4.54. The summed E-state index contributed by atoms with van der Waals surface area (Å²) in [5, 5.41) is 3.46. The van der Waals surface area contributed by atoms with Gasteiger partial charge in [0.15, 0.2) is 5.96 Å². The molecule has 0 radical (unpaired) electrons. The molecule has 1 atom stereocenters. The fourth-order valence-electron chi connectivity index (χ4n) is 4.32. The van der Waals surface area contributed by atoms with Crippen LogP contribution in [-0.4, -0.2) is 60.4 Å². The summed E-state index contributed by atoms with van der Waals surface area (Å²) in [4.78, 5) is 21.4. The van der Waals surface area contributed by atoms with Crippen molar-refractivity contribution in [3.8, 4) is 0 Å². The van der Waals surface area contributed by atoms with Crippen LogP contribution in [0.3, 0.4) is 0 Å². The molecule has 3 rings (SSSR count). The number of rotatable bonds is 7. The Balaban J connectivity index is 0.00000320. The molecule has 2 saturated heterocycles. The van der Waals surface area contributed by atoms with Gasteiger partial charge < -0.3 is 15.1 Å². The van der Waals surface area contributed by atoms with Crippen LogP contribution in [0.15, 0.2) is 40.9 Å². The molecule has 5 nitrogen and oxygen atoms in total. The lowest BCUT2D eigenvalue weighted by Crippen LogP contribution is -2.44. The Morgan fingerprint density at radius 2 is 1.87 bits per heavy atom. The first-order chi connectivity index (χ1) is 14.2. The summed E-state index contributed by atoms with van der Waals surface area (Å²) >= 11 is 0. The third-order valence-corrected chi connectivity index (χ3v) is 5.96. The molecule has 1 aromatic rings. The van der Waals surface area contributed by atoms with Crippen LogP contribution in [0.1, 0.15) is 57.9 Å². The van der Waals surface area contributed by atoms with Crippen LogP contribution in [0.5, 0.6) is 0 Å². The molecule has 2 heterocycles. The Morgan fingerprint density at radius 1 is 1.13 bits per heavy atom. The third-order valence-electron chi connectivity index (χ3n) is 5.96. The number of piperidine rings is 1. The van der Waals surface area contributed by atoms with Gasteiger partial charge in [-0.15, -0.1) is 24.0 Å². The molecule has 30 heavy (non-hydrogen) atoms. The largest absolute Gasteiger partial charge is 0.357 e. The van der Waals surface area contributed by atoms with E-state index in [1.807, 2.05) is 0 Å². The van der Waals surface area contributed by atoms with Gasteiger partial charge >= 0.3 is 0 Å². The highest BCUT2D eigenvalue weighted by Crippen LogP contribution is 2.20. The number of nitrogens with one attached hydrogen (secondary N) is 1. The standard InChI is InChI=1S/C24H36N4O.HI/c1-3-22(28-16-8-11-23(28)29)12-15-26-24(25-4-2)27-17-13-21(14-18-27)19-20-9-6-5-7-10-20;/h5-7,9-10,19,22H,3-4,8,11-18H2,1-2H3,(H,25,26);1H. The Kier molecular flexibility index (Phi) is 10.7. The summed E-state index contributed by atoms with van der Waals surface area (Å²) in [6.07, 6.45) is 8.18. The van der Waals surface area contributed by atoms with E-state index < -0.39 is 0 Å². The average molecular weight is 524 g/mol. The molecule has 0 spiro atoms. The zero-order valence-electron chi connectivity index (χ0n) is 18.5. The molecule has 0 saturated carbocycles. The second-order valence-electron chi connectivity index (χ2n) is 7.98. The van der Waals surface area contributed by atoms with E-state index in [-0.39, 0.29) is 24.0 Å². The lowest BCUT2D eigenvalue weighted by molar-refractivity contribution is -0.129. The van der Waals surface area contributed by atoms with Crippen molar-refractivity contribution in [2.45, 2.75) is 58.4 Å². The Hall–Kier alpha value is -1.57. The number of carbonyl (C=O) groups is 1. The molecule has 1 amide bonds. The molecule has 166 valence electrons. The quantitative estimate of drug-likeness (QED) is 0.324. The molecular weight excluding hydrogens is 487 g/mol. The summed E-state index contributed by atoms with van der Waals surface area (Å²) in [5.74, 6) is 1.34. The number of guanidine groups is 1. The number of carbonyl (C=O) groups excluding carboxylic acids is 1. The Morgan fingerprint density at radius 3 is 2.47 bits per heavy atom. The highest BCUT2D eigenvalue weighted by molar-refractivity contribution is 14.0. The van der Waals surface area contributed by atoms with Gasteiger partial charge in [0.1, 0.15) is 0 Å². The Bertz CT molecular complexity index is 709. The van der Waals surface area contributed by atoms with Crippen LogP contribution in [0, 0.1) is 0 Å². The maximum Gasteiger partial charge on any atom is 0.222 e. The molecule has 0 aromatic heterocycles. The van der Waals surface area contributed by atoms with Crippen molar-refractivity contribution < 1.29 is 4.79 Å². The number of hydrogen-bond donors (Lipinski definition) is 1. The minimum atomic E-state index is 0. The predicted molar refractivity (Wildman–Crippen MR) is 136 cm³/mol. The lowest BCUT2D eigenvalue weighted by atomic mass is 10.0. The van der Waals surface area contributed by atoms with E-state index >= 15 is 0 Å². The van der Waals surface area contributed by atoms with Crippen LogP contribution < -0.4 is 5.32 Å². The first-order valence-corrected chi connectivity index (χ1v) is 11.3. The van der Waals surface area contributed by atoms with E-state index in [9.17, 15) is 4.79 Å². The normalized spacial score (nSPS) is 18.3. The number of nitrogens with zero attached hydrogens (tertiary/aromatic N) is 3. The minimum Gasteiger partial charge on any atom is -0.357 e. The molecule has 0 aliphatic carbocycles. The first kappa shape index (κ1) is 24.7. The topological polar surface area (TPSA) is 47.9 Å². The van der Waals surface area contributed by atoms with Gasteiger partial charge in [0.25, 0.3) is 0 Å². The van der Waals surface area contributed by atoms with Crippen molar-refractivity contribution in [3.63, 3.8) is 0 Å². The summed E-state index contributed by atoms with van der Waals surface area (Å²) in [6.45, 7) is 8.88. The molecule has 2 aliphatic heterocycles. The zero-order chi connectivity index (χ0) is 20.5. The van der Waals surface area contributed by atoms with Gasteiger partial charge in [-0.2, -0.15) is 0 Å². The van der Waals surface area contributed by atoms with Gasteiger partial charge in [-0.3, -0.25) is 9.79 Å². The SMILES string of the molecule is CCNC(=NCCC(CC)N1CCCC1=O)N1CCC(=Cc2ccccc2)CC1.I. The molecule has 1 aromatic carbocycles. The van der Waals surface area contributed by atoms with E-state index in [1.165, 1.54) is 11.1 Å². The number of aliphatic imine (C=N–C) groups is 1. The summed E-state index contributed by atoms with van der Waals surface area (Å²) in [5.41, 5.74) is 2.81. The van der Waals surface area contributed by atoms with Gasteiger partial charge in [0.2, 0.25) is 5.91 Å². The highest BCUT2D eigenvalue weighted by atomic mass is 127. The van der Waals surface area contributed by atoms with E-state index in [4.69, 9.17) is 4.99 Å². The number of benzene rings is 1. The molecule has 2 fully saturated rings. The van der Waals surface area contributed by atoms with Crippen LogP contribution in [0.25, 0.3) is 6.08 Å². The molecule has 0 bridgehead atoms. The van der Waals surface area contributed by atoms with Crippen LogP contribution in [0.4, 0.5) is 0 Å². The summed E-state index contributed by atoms with van der Waals surface area (Å²) < 4.78 is 0. The molecular formula is C24H37IN4O. The van der Waals surface area contributed by atoms with E-state index in [2.05, 4.69) is 65.4 Å². The van der Waals surface area contributed by atoms with Gasteiger partial charge in [0, 0.05) is 45.2 Å². The van der Waals surface area contributed by atoms with Crippen molar-refractivity contribution in [3.05, 3.63) is 41.5 Å². The molecule has 2 aliphatic rings. The van der Waals surface area contributed by atoms with Crippen LogP contribution in [-0.2, 0) is 4.79 Å². The molecule has 6 heteroatoms. The minimum absolute atomic E-state index is 0. The number of likely N-dealkylation sites (tertiary alicyclic amines) is 2. The third kappa shape index (κ3) is 7.00. The highest BCUT2D eigenvalue weighted by Gasteiger charge is 2.26. The van der Waals surface area contributed by atoms with Crippen LogP contribution >= 0.6 is 24.0 Å². The van der Waals surface area contributed by atoms with E-state index in [0.29, 0.717) is 11.9 Å². The van der Waals surface area contributed by atoms with Crippen molar-refractivity contribution in [1.29, 1.82) is 0 Å². The van der Waals surface area contributed by atoms with Crippen molar-refractivity contribution >= 4 is 41.9 Å². The maximum absolute atomic E-state index is 12.0. The smallest absolute Gasteiger partial charge is 0.222 e. The van der Waals surface area contributed by atoms with Crippen LogP contribution in [0.2, 0.25) is 0 Å². The van der Waals surface area contributed by atoms with Gasteiger partial charge in [0.05, 0.1) is 0 Å². The van der Waals surface area contributed by atoms with E-state index in [1.54, 1.807) is 0 Å². The van der Waals surface area contributed by atoms with Gasteiger partial charge in [-0.05, 0) is 44.6 Å². The summed E-state index contributed by atoms with van der Waals surface area (Å²) in [6, 6.07) is 10.9. The number of hydrogen-bond acceptors (Lipinski definition) is 2. The fourth-order valence-corrected chi connectivity index (χ4v) is 4.32. The number of amides is 1. The van der Waals surface area contributed by atoms with Crippen molar-refractivity contribution in [2.75, 3.05) is 32.7 Å². The lowest BCUT2D eigenvalue weighted by Gasteiger charge is -2.32. The second-order valence-corrected chi connectivity index (χ2v) is 7.98. The maximum atomic E-state index is 12.0. The van der Waals surface area contributed by atoms with Gasteiger partial charge in [-0.25, -0.2) is 0 Å². The van der Waals surface area contributed by atoms with Gasteiger partial charge in [-0.1, -0.05) is 48.9 Å². The monoisotopic (exact) mass is 524 g/mol. The summed E-state index contributed by atoms with van der Waals surface area (Å²) in [7, 11) is 0. The number of halogens is 1. The molecule has 1 N–H and O–H groups in total. The first-order valence-electron chi connectivity index (χ1n) is 11.3. The average Bonchev–Trinajstić information content (AvgIpc) is 3.17. The van der Waals surface area contributed by atoms with Crippen molar-refractivity contribution in [2.24, 2.45) is 4.99 Å². The second kappa shape index (κ2) is 13.0. The van der Waals surface area contributed by atoms with E-state index in [0.717, 1.165) is 77.2 Å². The molecule has 1 unspecified atom stereocenters. The fraction of sp³-hybridized carbons (Fsp3) is 0.583.